The molecule has 1 rings (SSSR count). The maximum Gasteiger partial charge on any atom is 0.328 e. The van der Waals surface area contributed by atoms with Crippen LogP contribution in [0.25, 0.3) is 0 Å². The third-order valence-electron chi connectivity index (χ3n) is 2.82. The zero-order valence-corrected chi connectivity index (χ0v) is 10.5. The van der Waals surface area contributed by atoms with Gasteiger partial charge in [0.1, 0.15) is 6.04 Å². The number of carbonyl (C=O) groups is 1. The second kappa shape index (κ2) is 6.51. The molecule has 0 radical (unpaired) electrons. The Morgan fingerprint density at radius 2 is 2.12 bits per heavy atom. The lowest BCUT2D eigenvalue weighted by molar-refractivity contribution is -0.143. The summed E-state index contributed by atoms with van der Waals surface area (Å²) in [5.41, 5.74) is 0. The standard InChI is InChI=1S/C12H22N2O2/c1-9(2)11(12(15)16-3)14-10-7-5-4-6-8-13-10/h9,11H,4-8H2,1-3H3,(H,13,14). The lowest BCUT2D eigenvalue weighted by Gasteiger charge is -2.21. The highest BCUT2D eigenvalue weighted by atomic mass is 16.5. The highest BCUT2D eigenvalue weighted by Crippen LogP contribution is 2.09. The molecule has 0 amide bonds. The molecule has 1 unspecified atom stereocenters. The van der Waals surface area contributed by atoms with Gasteiger partial charge in [0.05, 0.1) is 12.9 Å². The quantitative estimate of drug-likeness (QED) is 0.746. The Labute approximate surface area is 97.5 Å². The molecule has 0 aliphatic carbocycles. The van der Waals surface area contributed by atoms with Crippen molar-refractivity contribution >= 4 is 11.8 Å². The van der Waals surface area contributed by atoms with Gasteiger partial charge in [-0.05, 0) is 18.8 Å². The van der Waals surface area contributed by atoms with E-state index in [2.05, 4.69) is 10.3 Å². The van der Waals surface area contributed by atoms with E-state index in [1.165, 1.54) is 13.5 Å². The van der Waals surface area contributed by atoms with E-state index in [9.17, 15) is 4.79 Å². The fourth-order valence-corrected chi connectivity index (χ4v) is 1.80. The van der Waals surface area contributed by atoms with Crippen molar-refractivity contribution in [2.75, 3.05) is 13.7 Å². The minimum absolute atomic E-state index is 0.207. The fourth-order valence-electron chi connectivity index (χ4n) is 1.80. The van der Waals surface area contributed by atoms with Gasteiger partial charge in [0.15, 0.2) is 0 Å². The number of nitrogens with zero attached hydrogens (tertiary/aromatic N) is 1. The van der Waals surface area contributed by atoms with Crippen LogP contribution in [0.3, 0.4) is 0 Å². The van der Waals surface area contributed by atoms with Crippen molar-refractivity contribution in [2.24, 2.45) is 10.9 Å². The second-order valence-electron chi connectivity index (χ2n) is 4.53. The molecule has 0 saturated carbocycles. The summed E-state index contributed by atoms with van der Waals surface area (Å²) < 4.78 is 4.79. The first-order chi connectivity index (χ1) is 7.65. The van der Waals surface area contributed by atoms with Gasteiger partial charge < -0.3 is 10.1 Å². The van der Waals surface area contributed by atoms with Gasteiger partial charge in [-0.3, -0.25) is 4.99 Å². The van der Waals surface area contributed by atoms with Crippen molar-refractivity contribution < 1.29 is 9.53 Å². The van der Waals surface area contributed by atoms with Gasteiger partial charge in [0.25, 0.3) is 0 Å². The van der Waals surface area contributed by atoms with Crippen LogP contribution in [0.2, 0.25) is 0 Å². The number of hydrogen-bond acceptors (Lipinski definition) is 4. The predicted octanol–water partition coefficient (Wildman–Crippen LogP) is 1.75. The van der Waals surface area contributed by atoms with Crippen molar-refractivity contribution in [3.63, 3.8) is 0 Å². The van der Waals surface area contributed by atoms with Crippen LogP contribution >= 0.6 is 0 Å². The van der Waals surface area contributed by atoms with Crippen LogP contribution in [0.15, 0.2) is 4.99 Å². The number of aliphatic imine (C=N–C) groups is 1. The Morgan fingerprint density at radius 3 is 2.75 bits per heavy atom. The van der Waals surface area contributed by atoms with E-state index in [-0.39, 0.29) is 17.9 Å². The summed E-state index contributed by atoms with van der Waals surface area (Å²) in [4.78, 5) is 16.0. The third-order valence-corrected chi connectivity index (χ3v) is 2.82. The van der Waals surface area contributed by atoms with Crippen LogP contribution < -0.4 is 5.32 Å². The number of carbonyl (C=O) groups excluding carboxylic acids is 1. The molecule has 1 atom stereocenters. The highest BCUT2D eigenvalue weighted by molar-refractivity contribution is 5.88. The first kappa shape index (κ1) is 13.0. The van der Waals surface area contributed by atoms with Crippen LogP contribution in [0.5, 0.6) is 0 Å². The average molecular weight is 226 g/mol. The molecule has 0 aromatic rings. The molecule has 4 nitrogen and oxygen atoms in total. The molecule has 0 bridgehead atoms. The minimum atomic E-state index is -0.276. The Bertz CT molecular complexity index is 262. The van der Waals surface area contributed by atoms with Gasteiger partial charge in [-0.2, -0.15) is 0 Å². The van der Waals surface area contributed by atoms with Crippen LogP contribution in [-0.4, -0.2) is 31.5 Å². The molecule has 0 fully saturated rings. The van der Waals surface area contributed by atoms with Gasteiger partial charge in [-0.15, -0.1) is 0 Å². The van der Waals surface area contributed by atoms with Gasteiger partial charge in [-0.1, -0.05) is 20.3 Å². The minimum Gasteiger partial charge on any atom is -0.467 e. The molecule has 16 heavy (non-hydrogen) atoms. The molecular formula is C12H22N2O2. The van der Waals surface area contributed by atoms with Crippen molar-refractivity contribution in [3.05, 3.63) is 0 Å². The summed E-state index contributed by atoms with van der Waals surface area (Å²) in [6.07, 6.45) is 4.47. The van der Waals surface area contributed by atoms with E-state index in [1.807, 2.05) is 13.8 Å². The van der Waals surface area contributed by atoms with Crippen molar-refractivity contribution in [1.29, 1.82) is 0 Å². The van der Waals surface area contributed by atoms with Crippen LogP contribution in [0.1, 0.15) is 39.5 Å². The summed E-state index contributed by atoms with van der Waals surface area (Å²) in [6, 6.07) is -0.276. The topological polar surface area (TPSA) is 50.7 Å². The number of amidine groups is 1. The number of nitrogens with one attached hydrogen (secondary N) is 1. The SMILES string of the molecule is COC(=O)C(NC1=NCCCCC1)C(C)C. The van der Waals surface area contributed by atoms with E-state index < -0.39 is 0 Å². The maximum absolute atomic E-state index is 11.6. The van der Waals surface area contributed by atoms with Crippen LogP contribution in [0, 0.1) is 5.92 Å². The zero-order valence-electron chi connectivity index (χ0n) is 10.5. The number of hydrogen-bond donors (Lipinski definition) is 1. The molecule has 0 aromatic heterocycles. The molecule has 1 heterocycles. The Morgan fingerprint density at radius 1 is 1.38 bits per heavy atom. The van der Waals surface area contributed by atoms with Crippen LogP contribution in [0.4, 0.5) is 0 Å². The van der Waals surface area contributed by atoms with Gasteiger partial charge in [-0.25, -0.2) is 4.79 Å². The Kier molecular flexibility index (Phi) is 5.29. The van der Waals surface area contributed by atoms with Gasteiger partial charge in [0, 0.05) is 13.0 Å². The summed E-state index contributed by atoms with van der Waals surface area (Å²) in [6.45, 7) is 4.88. The van der Waals surface area contributed by atoms with E-state index in [0.29, 0.717) is 0 Å². The molecule has 0 aromatic carbocycles. The summed E-state index contributed by atoms with van der Waals surface area (Å²) in [5, 5.41) is 3.22. The highest BCUT2D eigenvalue weighted by Gasteiger charge is 2.24. The van der Waals surface area contributed by atoms with Crippen LogP contribution in [-0.2, 0) is 9.53 Å². The number of rotatable bonds is 3. The first-order valence-electron chi connectivity index (χ1n) is 6.03. The lowest BCUT2D eigenvalue weighted by atomic mass is 10.0. The largest absolute Gasteiger partial charge is 0.467 e. The smallest absolute Gasteiger partial charge is 0.328 e. The van der Waals surface area contributed by atoms with E-state index >= 15 is 0 Å². The zero-order chi connectivity index (χ0) is 12.0. The number of methoxy groups -OCH3 is 1. The Balaban J connectivity index is 2.59. The Hall–Kier alpha value is -1.06. The monoisotopic (exact) mass is 226 g/mol. The summed E-state index contributed by atoms with van der Waals surface area (Å²) in [5.74, 6) is 0.960. The van der Waals surface area contributed by atoms with E-state index in [4.69, 9.17) is 4.74 Å². The fraction of sp³-hybridized carbons (Fsp3) is 0.833. The molecular weight excluding hydrogens is 204 g/mol. The number of ether oxygens (including phenoxy) is 1. The van der Waals surface area contributed by atoms with Gasteiger partial charge >= 0.3 is 5.97 Å². The van der Waals surface area contributed by atoms with Gasteiger partial charge in [0.2, 0.25) is 0 Å². The molecule has 1 aliphatic rings. The predicted molar refractivity (Wildman–Crippen MR) is 64.5 cm³/mol. The van der Waals surface area contributed by atoms with E-state index in [1.54, 1.807) is 0 Å². The summed E-state index contributed by atoms with van der Waals surface area (Å²) >= 11 is 0. The molecule has 1 N–H and O–H groups in total. The van der Waals surface area contributed by atoms with E-state index in [0.717, 1.165) is 31.6 Å². The molecule has 0 spiro atoms. The normalized spacial score (nSPS) is 18.6. The molecule has 92 valence electrons. The molecule has 0 saturated heterocycles. The van der Waals surface area contributed by atoms with Crippen molar-refractivity contribution in [1.82, 2.24) is 5.32 Å². The number of esters is 1. The van der Waals surface area contributed by atoms with Crippen molar-refractivity contribution in [3.8, 4) is 0 Å². The average Bonchev–Trinajstić information content (AvgIpc) is 2.52. The molecule has 4 heteroatoms. The first-order valence-corrected chi connectivity index (χ1v) is 6.03. The summed E-state index contributed by atoms with van der Waals surface area (Å²) in [7, 11) is 1.42. The third kappa shape index (κ3) is 3.83. The lowest BCUT2D eigenvalue weighted by Crippen LogP contribution is -2.45. The molecule has 1 aliphatic heterocycles. The van der Waals surface area contributed by atoms with Crippen molar-refractivity contribution in [2.45, 2.75) is 45.6 Å². The maximum atomic E-state index is 11.6. The second-order valence-corrected chi connectivity index (χ2v) is 4.53.